The summed E-state index contributed by atoms with van der Waals surface area (Å²) in [6, 6.07) is 0.107. The number of hydrogen-bond acceptors (Lipinski definition) is 2. The van der Waals surface area contributed by atoms with Crippen LogP contribution in [0.5, 0.6) is 0 Å². The van der Waals surface area contributed by atoms with Crippen molar-refractivity contribution < 1.29 is 14.7 Å². The smallest absolute Gasteiger partial charge is 0.320 e. The minimum Gasteiger partial charge on any atom is -0.481 e. The fraction of sp³-hybridized carbons (Fsp3) is 0.867. The number of urea groups is 1. The minimum absolute atomic E-state index is 0.0215. The average Bonchev–Trinajstić information content (AvgIpc) is 2.39. The molecule has 0 fully saturated rings. The molecular formula is C15H30N2O3. The zero-order valence-corrected chi connectivity index (χ0v) is 13.6. The quantitative estimate of drug-likeness (QED) is 0.708. The van der Waals surface area contributed by atoms with Crippen LogP contribution in [0.15, 0.2) is 0 Å². The Hall–Kier alpha value is -1.26. The highest BCUT2D eigenvalue weighted by Crippen LogP contribution is 2.11. The van der Waals surface area contributed by atoms with Crippen LogP contribution < -0.4 is 0 Å². The highest BCUT2D eigenvalue weighted by atomic mass is 16.4. The number of aliphatic carboxylic acids is 1. The molecule has 1 atom stereocenters. The normalized spacial score (nSPS) is 12.3. The maximum absolute atomic E-state index is 12.5. The molecule has 5 nitrogen and oxygen atoms in total. The Kier molecular flexibility index (Phi) is 9.01. The number of carbonyl (C=O) groups excluding carboxylic acids is 1. The van der Waals surface area contributed by atoms with Gasteiger partial charge in [-0.3, -0.25) is 4.79 Å². The van der Waals surface area contributed by atoms with Crippen LogP contribution >= 0.6 is 0 Å². The Morgan fingerprint density at radius 1 is 1.15 bits per heavy atom. The van der Waals surface area contributed by atoms with Crippen LogP contribution in [-0.2, 0) is 4.79 Å². The molecule has 5 heteroatoms. The van der Waals surface area contributed by atoms with Crippen molar-refractivity contribution >= 4 is 12.0 Å². The molecule has 118 valence electrons. The summed E-state index contributed by atoms with van der Waals surface area (Å²) in [5.41, 5.74) is 0. The van der Waals surface area contributed by atoms with Crippen molar-refractivity contribution in [2.75, 3.05) is 19.6 Å². The number of nitrogens with zero attached hydrogens (tertiary/aromatic N) is 2. The lowest BCUT2D eigenvalue weighted by Gasteiger charge is -2.34. The summed E-state index contributed by atoms with van der Waals surface area (Å²) in [6.07, 6.45) is 1.65. The monoisotopic (exact) mass is 286 g/mol. The number of amides is 2. The number of carboxylic acid groups (broad SMARTS) is 1. The van der Waals surface area contributed by atoms with E-state index < -0.39 is 5.97 Å². The molecular weight excluding hydrogens is 256 g/mol. The van der Waals surface area contributed by atoms with Crippen LogP contribution in [0.4, 0.5) is 4.79 Å². The predicted molar refractivity (Wildman–Crippen MR) is 80.8 cm³/mol. The van der Waals surface area contributed by atoms with Crippen LogP contribution in [0.3, 0.4) is 0 Å². The van der Waals surface area contributed by atoms with Crippen molar-refractivity contribution in [3.05, 3.63) is 0 Å². The van der Waals surface area contributed by atoms with Crippen LogP contribution in [0, 0.1) is 5.92 Å². The molecule has 0 aliphatic heterocycles. The zero-order valence-electron chi connectivity index (χ0n) is 13.6. The third-order valence-corrected chi connectivity index (χ3v) is 3.54. The Bertz CT molecular complexity index is 305. The fourth-order valence-electron chi connectivity index (χ4n) is 2.00. The summed E-state index contributed by atoms with van der Waals surface area (Å²) in [7, 11) is 0. The average molecular weight is 286 g/mol. The third kappa shape index (κ3) is 6.78. The van der Waals surface area contributed by atoms with Crippen molar-refractivity contribution in [3.63, 3.8) is 0 Å². The van der Waals surface area contributed by atoms with Gasteiger partial charge in [0, 0.05) is 32.1 Å². The van der Waals surface area contributed by atoms with E-state index in [1.54, 1.807) is 4.90 Å². The van der Waals surface area contributed by atoms with Gasteiger partial charge in [0.1, 0.15) is 0 Å². The summed E-state index contributed by atoms with van der Waals surface area (Å²) in [5, 5.41) is 8.70. The lowest BCUT2D eigenvalue weighted by atomic mass is 10.1. The molecule has 0 saturated heterocycles. The van der Waals surface area contributed by atoms with E-state index in [0.29, 0.717) is 25.4 Å². The number of carboxylic acids is 1. The first kappa shape index (κ1) is 18.7. The summed E-state index contributed by atoms with van der Waals surface area (Å²) in [4.78, 5) is 26.8. The van der Waals surface area contributed by atoms with Gasteiger partial charge in [0.25, 0.3) is 0 Å². The van der Waals surface area contributed by atoms with Crippen molar-refractivity contribution in [3.8, 4) is 0 Å². The molecule has 0 heterocycles. The molecule has 0 radical (unpaired) electrons. The number of rotatable bonds is 9. The summed E-state index contributed by atoms with van der Waals surface area (Å²) in [6.45, 7) is 12.1. The molecule has 0 aliphatic carbocycles. The van der Waals surface area contributed by atoms with Crippen LogP contribution in [0.1, 0.15) is 53.9 Å². The van der Waals surface area contributed by atoms with Gasteiger partial charge in [0.15, 0.2) is 0 Å². The van der Waals surface area contributed by atoms with Crippen LogP contribution in [-0.4, -0.2) is 52.6 Å². The molecule has 0 bridgehead atoms. The van der Waals surface area contributed by atoms with Gasteiger partial charge in [-0.2, -0.15) is 0 Å². The van der Waals surface area contributed by atoms with E-state index in [-0.39, 0.29) is 18.5 Å². The molecule has 0 aromatic carbocycles. The van der Waals surface area contributed by atoms with Gasteiger partial charge in [-0.1, -0.05) is 20.3 Å². The topological polar surface area (TPSA) is 60.9 Å². The van der Waals surface area contributed by atoms with E-state index in [1.165, 1.54) is 0 Å². The van der Waals surface area contributed by atoms with E-state index in [1.807, 2.05) is 25.7 Å². The van der Waals surface area contributed by atoms with Crippen LogP contribution in [0.2, 0.25) is 0 Å². The number of carbonyl (C=O) groups is 2. The van der Waals surface area contributed by atoms with E-state index in [2.05, 4.69) is 13.8 Å². The first-order valence-corrected chi connectivity index (χ1v) is 7.60. The Balaban J connectivity index is 4.62. The fourth-order valence-corrected chi connectivity index (χ4v) is 2.00. The van der Waals surface area contributed by atoms with Crippen LogP contribution in [0.25, 0.3) is 0 Å². The van der Waals surface area contributed by atoms with Gasteiger partial charge in [-0.25, -0.2) is 4.79 Å². The van der Waals surface area contributed by atoms with Gasteiger partial charge in [0.05, 0.1) is 0 Å². The lowest BCUT2D eigenvalue weighted by molar-refractivity contribution is -0.137. The molecule has 0 aliphatic rings. The maximum Gasteiger partial charge on any atom is 0.320 e. The summed E-state index contributed by atoms with van der Waals surface area (Å²) >= 11 is 0. The maximum atomic E-state index is 12.5. The van der Waals surface area contributed by atoms with E-state index in [0.717, 1.165) is 13.0 Å². The van der Waals surface area contributed by atoms with E-state index >= 15 is 0 Å². The highest BCUT2D eigenvalue weighted by molar-refractivity contribution is 5.75. The molecule has 0 aromatic heterocycles. The van der Waals surface area contributed by atoms with Crippen molar-refractivity contribution in [2.24, 2.45) is 5.92 Å². The molecule has 0 aromatic rings. The molecule has 0 saturated carbocycles. The third-order valence-electron chi connectivity index (χ3n) is 3.54. The summed E-state index contributed by atoms with van der Waals surface area (Å²) < 4.78 is 0. The second-order valence-electron chi connectivity index (χ2n) is 5.62. The van der Waals surface area contributed by atoms with Gasteiger partial charge in [-0.05, 0) is 33.1 Å². The van der Waals surface area contributed by atoms with Crippen molar-refractivity contribution in [2.45, 2.75) is 59.9 Å². The molecule has 20 heavy (non-hydrogen) atoms. The Labute approximate surface area is 122 Å². The van der Waals surface area contributed by atoms with Gasteiger partial charge >= 0.3 is 12.0 Å². The summed E-state index contributed by atoms with van der Waals surface area (Å²) in [5.74, 6) is -0.333. The minimum atomic E-state index is -0.812. The van der Waals surface area contributed by atoms with Gasteiger partial charge in [0.2, 0.25) is 0 Å². The standard InChI is InChI=1S/C15H30N2O3/c1-6-13(5)11-16(7-2)15(20)17(12(3)4)10-8-9-14(18)19/h12-13H,6-11H2,1-5H3,(H,18,19). The first-order chi connectivity index (χ1) is 9.33. The Morgan fingerprint density at radius 3 is 2.15 bits per heavy atom. The Morgan fingerprint density at radius 2 is 1.75 bits per heavy atom. The molecule has 2 amide bonds. The van der Waals surface area contributed by atoms with Crippen molar-refractivity contribution in [1.82, 2.24) is 9.80 Å². The van der Waals surface area contributed by atoms with Gasteiger partial charge < -0.3 is 14.9 Å². The molecule has 1 N–H and O–H groups in total. The highest BCUT2D eigenvalue weighted by Gasteiger charge is 2.23. The zero-order chi connectivity index (χ0) is 15.7. The SMILES string of the molecule is CCC(C)CN(CC)C(=O)N(CCCC(=O)O)C(C)C. The van der Waals surface area contributed by atoms with E-state index in [9.17, 15) is 9.59 Å². The van der Waals surface area contributed by atoms with Gasteiger partial charge in [-0.15, -0.1) is 0 Å². The number of hydrogen-bond donors (Lipinski definition) is 1. The molecule has 1 unspecified atom stereocenters. The lowest BCUT2D eigenvalue weighted by Crippen LogP contribution is -2.48. The van der Waals surface area contributed by atoms with E-state index in [4.69, 9.17) is 5.11 Å². The molecule has 0 spiro atoms. The predicted octanol–water partition coefficient (Wildman–Crippen LogP) is 3.05. The first-order valence-electron chi connectivity index (χ1n) is 7.60. The molecule has 0 rings (SSSR count). The second-order valence-corrected chi connectivity index (χ2v) is 5.62. The van der Waals surface area contributed by atoms with Crippen molar-refractivity contribution in [1.29, 1.82) is 0 Å². The largest absolute Gasteiger partial charge is 0.481 e. The second kappa shape index (κ2) is 9.61.